The van der Waals surface area contributed by atoms with Crippen molar-refractivity contribution in [2.45, 2.75) is 18.8 Å². The molecular weight excluding hydrogens is 346 g/mol. The molecule has 0 saturated heterocycles. The molecule has 0 radical (unpaired) electrons. The van der Waals surface area contributed by atoms with Crippen LogP contribution in [0.2, 0.25) is 5.02 Å². The summed E-state index contributed by atoms with van der Waals surface area (Å²) in [5.41, 5.74) is 3.25. The molecule has 0 bridgehead atoms. The Labute approximate surface area is 145 Å². The monoisotopic (exact) mass is 361 g/mol. The first-order valence-corrected chi connectivity index (χ1v) is 9.97. The third kappa shape index (κ3) is 3.14. The Kier molecular flexibility index (Phi) is 3.58. The molecule has 0 atom stereocenters. The Balaban J connectivity index is 1.82. The van der Waals surface area contributed by atoms with E-state index in [4.69, 9.17) is 16.0 Å². The van der Waals surface area contributed by atoms with Crippen molar-refractivity contribution >= 4 is 38.3 Å². The van der Waals surface area contributed by atoms with Gasteiger partial charge in [0.15, 0.2) is 0 Å². The number of sulfonamides is 1. The first-order valence-electron chi connectivity index (χ1n) is 7.70. The van der Waals surface area contributed by atoms with Crippen molar-refractivity contribution in [3.8, 4) is 11.3 Å². The maximum absolute atomic E-state index is 11.6. The van der Waals surface area contributed by atoms with Gasteiger partial charge in [-0.2, -0.15) is 0 Å². The van der Waals surface area contributed by atoms with Gasteiger partial charge in [0.1, 0.15) is 11.3 Å². The lowest BCUT2D eigenvalue weighted by Crippen LogP contribution is -2.11. The highest BCUT2D eigenvalue weighted by Crippen LogP contribution is 2.45. The minimum atomic E-state index is -3.33. The highest BCUT2D eigenvalue weighted by Gasteiger charge is 2.28. The van der Waals surface area contributed by atoms with Gasteiger partial charge in [0.2, 0.25) is 10.0 Å². The number of furan rings is 1. The van der Waals surface area contributed by atoms with Crippen molar-refractivity contribution in [1.82, 2.24) is 0 Å². The van der Waals surface area contributed by atoms with Crippen molar-refractivity contribution in [3.63, 3.8) is 0 Å². The topological polar surface area (TPSA) is 59.3 Å². The van der Waals surface area contributed by atoms with E-state index < -0.39 is 10.0 Å². The first kappa shape index (κ1) is 15.5. The molecule has 0 aliphatic heterocycles. The van der Waals surface area contributed by atoms with Crippen LogP contribution >= 0.6 is 11.6 Å². The molecule has 0 spiro atoms. The molecular formula is C18H16ClNO3S. The van der Waals surface area contributed by atoms with Gasteiger partial charge in [-0.05, 0) is 60.7 Å². The fraction of sp³-hybridized carbons (Fsp3) is 0.222. The zero-order valence-corrected chi connectivity index (χ0v) is 14.6. The average molecular weight is 362 g/mol. The Morgan fingerprint density at radius 1 is 1.12 bits per heavy atom. The quantitative estimate of drug-likeness (QED) is 0.711. The van der Waals surface area contributed by atoms with Crippen molar-refractivity contribution in [2.24, 2.45) is 0 Å². The van der Waals surface area contributed by atoms with E-state index in [2.05, 4.69) is 4.72 Å². The fourth-order valence-electron chi connectivity index (χ4n) is 2.88. The number of benzene rings is 2. The molecule has 1 aromatic heterocycles. The van der Waals surface area contributed by atoms with E-state index in [0.717, 1.165) is 41.4 Å². The molecule has 1 saturated carbocycles. The Bertz CT molecular complexity index is 1020. The number of hydrogen-bond acceptors (Lipinski definition) is 3. The first-order chi connectivity index (χ1) is 11.4. The van der Waals surface area contributed by atoms with E-state index >= 15 is 0 Å². The molecule has 1 fully saturated rings. The summed E-state index contributed by atoms with van der Waals surface area (Å²) in [7, 11) is -3.33. The maximum atomic E-state index is 11.6. The molecule has 124 valence electrons. The van der Waals surface area contributed by atoms with Gasteiger partial charge in [-0.15, -0.1) is 0 Å². The van der Waals surface area contributed by atoms with Crippen molar-refractivity contribution < 1.29 is 12.8 Å². The van der Waals surface area contributed by atoms with Crippen molar-refractivity contribution in [1.29, 1.82) is 0 Å². The van der Waals surface area contributed by atoms with Crippen LogP contribution in [0.1, 0.15) is 24.3 Å². The minimum Gasteiger partial charge on any atom is -0.456 e. The summed E-state index contributed by atoms with van der Waals surface area (Å²) in [4.78, 5) is 0. The zero-order chi connectivity index (χ0) is 16.9. The summed E-state index contributed by atoms with van der Waals surface area (Å²) in [5, 5.41) is 1.64. The van der Waals surface area contributed by atoms with Crippen LogP contribution in [0, 0.1) is 0 Å². The van der Waals surface area contributed by atoms with Gasteiger partial charge < -0.3 is 4.42 Å². The minimum absolute atomic E-state index is 0.424. The molecule has 0 unspecified atom stereocenters. The lowest BCUT2D eigenvalue weighted by Gasteiger charge is -2.10. The molecule has 2 aromatic carbocycles. The lowest BCUT2D eigenvalue weighted by atomic mass is 10.1. The number of nitrogens with one attached hydrogen (secondary N) is 1. The molecule has 1 aliphatic rings. The number of fused-ring (bicyclic) bond motifs is 1. The summed E-state index contributed by atoms with van der Waals surface area (Å²) in [6.07, 6.45) is 3.34. The normalized spacial score (nSPS) is 14.9. The molecule has 1 heterocycles. The van der Waals surface area contributed by atoms with Gasteiger partial charge in [-0.25, -0.2) is 8.42 Å². The van der Waals surface area contributed by atoms with E-state index in [0.29, 0.717) is 22.2 Å². The predicted octanol–water partition coefficient (Wildman–Crippen LogP) is 5.00. The summed E-state index contributed by atoms with van der Waals surface area (Å²) in [6, 6.07) is 13.2. The van der Waals surface area contributed by atoms with Crippen molar-refractivity contribution in [2.75, 3.05) is 11.0 Å². The summed E-state index contributed by atoms with van der Waals surface area (Å²) in [5.74, 6) is 1.16. The van der Waals surface area contributed by atoms with Gasteiger partial charge in [-0.1, -0.05) is 11.6 Å². The molecule has 6 heteroatoms. The molecule has 1 aliphatic carbocycles. The molecule has 24 heavy (non-hydrogen) atoms. The highest BCUT2D eigenvalue weighted by molar-refractivity contribution is 7.92. The number of halogens is 1. The van der Waals surface area contributed by atoms with Gasteiger partial charge in [0, 0.05) is 22.0 Å². The second-order valence-electron chi connectivity index (χ2n) is 6.24. The van der Waals surface area contributed by atoms with E-state index in [1.54, 1.807) is 6.07 Å². The predicted molar refractivity (Wildman–Crippen MR) is 97.1 cm³/mol. The van der Waals surface area contributed by atoms with Gasteiger partial charge in [0.25, 0.3) is 0 Å². The summed E-state index contributed by atoms with van der Waals surface area (Å²) >= 11 is 5.93. The van der Waals surface area contributed by atoms with Crippen LogP contribution < -0.4 is 4.72 Å². The number of hydrogen-bond donors (Lipinski definition) is 1. The average Bonchev–Trinajstić information content (AvgIpc) is 3.26. The second-order valence-corrected chi connectivity index (χ2v) is 8.43. The third-order valence-corrected chi connectivity index (χ3v) is 4.97. The van der Waals surface area contributed by atoms with Crippen LogP contribution in [-0.4, -0.2) is 14.7 Å². The van der Waals surface area contributed by atoms with Crippen LogP contribution in [0.3, 0.4) is 0 Å². The summed E-state index contributed by atoms with van der Waals surface area (Å²) in [6.45, 7) is 0. The smallest absolute Gasteiger partial charge is 0.229 e. The second kappa shape index (κ2) is 5.53. The van der Waals surface area contributed by atoms with Crippen LogP contribution in [-0.2, 0) is 10.0 Å². The van der Waals surface area contributed by atoms with Gasteiger partial charge >= 0.3 is 0 Å². The number of anilines is 1. The molecule has 4 nitrogen and oxygen atoms in total. The standard InChI is InChI=1S/C18H16ClNO3S/c1-24(21,22)20-16-10-18-13(8-15(16)11-2-3-11)9-17(23-18)12-4-6-14(19)7-5-12/h4-11,20H,2-3H2,1H3. The van der Waals surface area contributed by atoms with Gasteiger partial charge in [-0.3, -0.25) is 4.72 Å². The molecule has 4 rings (SSSR count). The molecule has 0 amide bonds. The van der Waals surface area contributed by atoms with Crippen molar-refractivity contribution in [3.05, 3.63) is 53.1 Å². The van der Waals surface area contributed by atoms with Crippen LogP contribution in [0.4, 0.5) is 5.69 Å². The highest BCUT2D eigenvalue weighted by atomic mass is 35.5. The Hall–Kier alpha value is -1.98. The van der Waals surface area contributed by atoms with Crippen LogP contribution in [0.15, 0.2) is 46.9 Å². The zero-order valence-electron chi connectivity index (χ0n) is 13.0. The van der Waals surface area contributed by atoms with Gasteiger partial charge in [0.05, 0.1) is 11.9 Å². The molecule has 1 N–H and O–H groups in total. The SMILES string of the molecule is CS(=O)(=O)Nc1cc2oc(-c3ccc(Cl)cc3)cc2cc1C1CC1. The largest absolute Gasteiger partial charge is 0.456 e. The fourth-order valence-corrected chi connectivity index (χ4v) is 3.58. The summed E-state index contributed by atoms with van der Waals surface area (Å²) < 4.78 is 31.8. The van der Waals surface area contributed by atoms with Crippen LogP contribution in [0.5, 0.6) is 0 Å². The lowest BCUT2D eigenvalue weighted by molar-refractivity contribution is 0.606. The maximum Gasteiger partial charge on any atom is 0.229 e. The van der Waals surface area contributed by atoms with E-state index in [9.17, 15) is 8.42 Å². The van der Waals surface area contributed by atoms with E-state index in [-0.39, 0.29) is 0 Å². The Morgan fingerprint density at radius 3 is 2.46 bits per heavy atom. The van der Waals surface area contributed by atoms with E-state index in [1.807, 2.05) is 36.4 Å². The number of rotatable bonds is 4. The molecule has 3 aromatic rings. The Morgan fingerprint density at radius 2 is 1.83 bits per heavy atom. The third-order valence-electron chi connectivity index (χ3n) is 4.13. The van der Waals surface area contributed by atoms with E-state index in [1.165, 1.54) is 0 Å². The van der Waals surface area contributed by atoms with Crippen LogP contribution in [0.25, 0.3) is 22.3 Å².